The Morgan fingerprint density at radius 1 is 1.36 bits per heavy atom. The number of hydrogen-bond acceptors (Lipinski definition) is 4. The summed E-state index contributed by atoms with van der Waals surface area (Å²) in [6.45, 7) is 6.03. The van der Waals surface area contributed by atoms with Crippen LogP contribution in [-0.2, 0) is 16.0 Å². The Kier molecular flexibility index (Phi) is 2.58. The van der Waals surface area contributed by atoms with Crippen molar-refractivity contribution in [3.05, 3.63) is 35.0 Å². The third-order valence-electron chi connectivity index (χ3n) is 4.39. The minimum absolute atomic E-state index is 0.0633. The number of carboxylic acid groups (broad SMARTS) is 1. The molecular weight excluding hydrogens is 282 g/mol. The smallest absolute Gasteiger partial charge is 0.309 e. The van der Waals surface area contributed by atoms with Gasteiger partial charge < -0.3 is 14.6 Å². The zero-order valence-corrected chi connectivity index (χ0v) is 12.7. The van der Waals surface area contributed by atoms with E-state index in [0.717, 1.165) is 27.8 Å². The number of rotatable bonds is 2. The van der Waals surface area contributed by atoms with E-state index in [0.29, 0.717) is 5.69 Å². The first-order valence-electron chi connectivity index (χ1n) is 7.35. The second kappa shape index (κ2) is 4.20. The van der Waals surface area contributed by atoms with Gasteiger partial charge in [0, 0.05) is 10.9 Å². The molecule has 22 heavy (non-hydrogen) atoms. The number of carbonyl (C=O) groups is 1. The quantitative estimate of drug-likeness (QED) is 0.863. The van der Waals surface area contributed by atoms with Crippen LogP contribution in [0, 0.1) is 6.92 Å². The van der Waals surface area contributed by atoms with Crippen LogP contribution < -0.4 is 4.74 Å². The topological polar surface area (TPSA) is 72.0 Å². The summed E-state index contributed by atoms with van der Waals surface area (Å²) in [5, 5.41) is 9.94. The molecule has 3 heterocycles. The van der Waals surface area contributed by atoms with E-state index in [9.17, 15) is 4.79 Å². The maximum absolute atomic E-state index is 10.9. The van der Waals surface area contributed by atoms with Crippen LogP contribution in [0.5, 0.6) is 5.75 Å². The molecule has 2 aliphatic heterocycles. The van der Waals surface area contributed by atoms with Crippen molar-refractivity contribution in [3.63, 3.8) is 0 Å². The Hall–Kier alpha value is -2.14. The number of ether oxygens (including phenoxy) is 2. The van der Waals surface area contributed by atoms with E-state index < -0.39 is 5.97 Å². The fourth-order valence-corrected chi connectivity index (χ4v) is 3.28. The molecule has 0 saturated carbocycles. The van der Waals surface area contributed by atoms with Crippen LogP contribution in [0.25, 0.3) is 10.9 Å². The lowest BCUT2D eigenvalue weighted by atomic mass is 9.93. The van der Waals surface area contributed by atoms with Crippen molar-refractivity contribution >= 4 is 16.9 Å². The normalized spacial score (nSPS) is 24.3. The third-order valence-corrected chi connectivity index (χ3v) is 4.39. The van der Waals surface area contributed by atoms with Crippen molar-refractivity contribution in [2.24, 2.45) is 0 Å². The minimum Gasteiger partial charge on any atom is -0.485 e. The highest BCUT2D eigenvalue weighted by atomic mass is 16.6. The molecule has 4 rings (SSSR count). The van der Waals surface area contributed by atoms with Gasteiger partial charge in [0.1, 0.15) is 23.6 Å². The minimum atomic E-state index is -0.875. The molecule has 0 radical (unpaired) electrons. The lowest BCUT2D eigenvalue weighted by Crippen LogP contribution is -2.37. The second-order valence-electron chi connectivity index (χ2n) is 6.59. The summed E-state index contributed by atoms with van der Waals surface area (Å²) in [5.74, 6) is -0.0352. The first kappa shape index (κ1) is 13.5. The maximum Gasteiger partial charge on any atom is 0.309 e. The van der Waals surface area contributed by atoms with Crippen molar-refractivity contribution in [3.8, 4) is 5.75 Å². The fourth-order valence-electron chi connectivity index (χ4n) is 3.28. The largest absolute Gasteiger partial charge is 0.485 e. The molecule has 5 nitrogen and oxygen atoms in total. The molecular formula is C17H17NO4. The van der Waals surface area contributed by atoms with Crippen molar-refractivity contribution in [1.29, 1.82) is 0 Å². The van der Waals surface area contributed by atoms with Gasteiger partial charge in [0.05, 0.1) is 17.6 Å². The van der Waals surface area contributed by atoms with Crippen LogP contribution in [-0.4, -0.2) is 27.8 Å². The summed E-state index contributed by atoms with van der Waals surface area (Å²) in [6.07, 6.45) is 0.0779. The molecule has 1 aromatic heterocycles. The molecule has 5 heteroatoms. The highest BCUT2D eigenvalue weighted by Gasteiger charge is 2.56. The van der Waals surface area contributed by atoms with E-state index in [-0.39, 0.29) is 24.2 Å². The van der Waals surface area contributed by atoms with Crippen molar-refractivity contribution in [1.82, 2.24) is 4.98 Å². The molecule has 1 fully saturated rings. The molecule has 1 aromatic carbocycles. The standard InChI is InChI=1S/C17H17NO4/c1-8-4-9(5-14(19)20)18-12-6-11-13(7-10(8)12)22-17(2,3)16-15(11)21-16/h4,6-7,15-16H,5H2,1-3H3,(H,19,20). The average Bonchev–Trinajstić information content (AvgIpc) is 3.18. The maximum atomic E-state index is 10.9. The van der Waals surface area contributed by atoms with E-state index >= 15 is 0 Å². The lowest BCUT2D eigenvalue weighted by Gasteiger charge is -2.29. The van der Waals surface area contributed by atoms with Crippen molar-refractivity contribution < 1.29 is 19.4 Å². The van der Waals surface area contributed by atoms with Gasteiger partial charge in [0.2, 0.25) is 0 Å². The Bertz CT molecular complexity index is 812. The van der Waals surface area contributed by atoms with E-state index in [1.807, 2.05) is 39.0 Å². The highest BCUT2D eigenvalue weighted by Crippen LogP contribution is 2.54. The Morgan fingerprint density at radius 2 is 2.14 bits per heavy atom. The highest BCUT2D eigenvalue weighted by molar-refractivity contribution is 5.86. The van der Waals surface area contributed by atoms with E-state index in [4.69, 9.17) is 14.6 Å². The van der Waals surface area contributed by atoms with Crippen molar-refractivity contribution in [2.75, 3.05) is 0 Å². The van der Waals surface area contributed by atoms with Gasteiger partial charge in [-0.15, -0.1) is 0 Å². The molecule has 2 atom stereocenters. The van der Waals surface area contributed by atoms with Gasteiger partial charge in [-0.3, -0.25) is 9.78 Å². The number of aliphatic carboxylic acids is 1. The fraction of sp³-hybridized carbons (Fsp3) is 0.412. The van der Waals surface area contributed by atoms with Crippen LogP contribution in [0.2, 0.25) is 0 Å². The molecule has 2 aliphatic rings. The van der Waals surface area contributed by atoms with E-state index in [1.165, 1.54) is 0 Å². The molecule has 2 aromatic rings. The van der Waals surface area contributed by atoms with Crippen LogP contribution in [0.3, 0.4) is 0 Å². The summed E-state index contributed by atoms with van der Waals surface area (Å²) in [7, 11) is 0. The van der Waals surface area contributed by atoms with Gasteiger partial charge in [-0.05, 0) is 44.5 Å². The van der Waals surface area contributed by atoms with Crippen LogP contribution >= 0.6 is 0 Å². The monoisotopic (exact) mass is 299 g/mol. The lowest BCUT2D eigenvalue weighted by molar-refractivity contribution is -0.136. The number of benzene rings is 1. The molecule has 114 valence electrons. The Morgan fingerprint density at radius 3 is 2.86 bits per heavy atom. The van der Waals surface area contributed by atoms with Gasteiger partial charge >= 0.3 is 5.97 Å². The van der Waals surface area contributed by atoms with Gasteiger partial charge in [0.15, 0.2) is 0 Å². The zero-order valence-electron chi connectivity index (χ0n) is 12.7. The Labute approximate surface area is 127 Å². The summed E-state index contributed by atoms with van der Waals surface area (Å²) in [4.78, 5) is 15.4. The number of aryl methyl sites for hydroxylation is 1. The first-order chi connectivity index (χ1) is 10.3. The molecule has 0 spiro atoms. The van der Waals surface area contributed by atoms with Gasteiger partial charge in [-0.2, -0.15) is 0 Å². The van der Waals surface area contributed by atoms with Crippen LogP contribution in [0.4, 0.5) is 0 Å². The molecule has 1 saturated heterocycles. The summed E-state index contributed by atoms with van der Waals surface area (Å²) in [6, 6.07) is 5.80. The number of epoxide rings is 1. The predicted molar refractivity (Wildman–Crippen MR) is 80.1 cm³/mol. The summed E-state index contributed by atoms with van der Waals surface area (Å²) >= 11 is 0. The SMILES string of the molecule is Cc1cc(CC(=O)O)nc2cc3c(cc12)OC(C)(C)C1OC31. The molecule has 1 N–H and O–H groups in total. The van der Waals surface area contributed by atoms with E-state index in [1.54, 1.807) is 0 Å². The number of hydrogen-bond donors (Lipinski definition) is 1. The third kappa shape index (κ3) is 1.96. The zero-order chi connectivity index (χ0) is 15.6. The predicted octanol–water partition coefficient (Wildman–Crippen LogP) is 2.78. The average molecular weight is 299 g/mol. The number of pyridine rings is 1. The number of fused-ring (bicyclic) bond motifs is 4. The summed E-state index contributed by atoms with van der Waals surface area (Å²) in [5.41, 5.74) is 3.06. The van der Waals surface area contributed by atoms with Gasteiger partial charge in [-0.1, -0.05) is 0 Å². The number of aromatic nitrogens is 1. The van der Waals surface area contributed by atoms with Crippen LogP contribution in [0.1, 0.15) is 36.8 Å². The van der Waals surface area contributed by atoms with Crippen LogP contribution in [0.15, 0.2) is 18.2 Å². The Balaban J connectivity index is 1.87. The molecule has 0 amide bonds. The van der Waals surface area contributed by atoms with Gasteiger partial charge in [-0.25, -0.2) is 0 Å². The van der Waals surface area contributed by atoms with E-state index in [2.05, 4.69) is 4.98 Å². The first-order valence-corrected chi connectivity index (χ1v) is 7.35. The van der Waals surface area contributed by atoms with Crippen molar-refractivity contribution in [2.45, 2.75) is 45.0 Å². The molecule has 2 unspecified atom stereocenters. The number of carboxylic acids is 1. The molecule has 0 aliphatic carbocycles. The van der Waals surface area contributed by atoms with Gasteiger partial charge in [0.25, 0.3) is 0 Å². The second-order valence-corrected chi connectivity index (χ2v) is 6.59. The number of nitrogens with zero attached hydrogens (tertiary/aromatic N) is 1. The molecule has 0 bridgehead atoms. The summed E-state index contributed by atoms with van der Waals surface area (Å²) < 4.78 is 11.8.